The molecule has 0 bridgehead atoms. The number of carbonyl (C=O) groups is 3. The zero-order chi connectivity index (χ0) is 21.0. The van der Waals surface area contributed by atoms with Gasteiger partial charge < -0.3 is 24.4 Å². The van der Waals surface area contributed by atoms with Crippen molar-refractivity contribution in [2.75, 3.05) is 37.8 Å². The van der Waals surface area contributed by atoms with Gasteiger partial charge in [-0.05, 0) is 24.6 Å². The fourth-order valence-corrected chi connectivity index (χ4v) is 3.81. The van der Waals surface area contributed by atoms with E-state index in [1.54, 1.807) is 17.0 Å². The SMILES string of the molecule is CCCC(=O)Nc1nc2ccc(N3COCC(C(=O)OC)=C3C(=O)OC)cc2s1. The summed E-state index contributed by atoms with van der Waals surface area (Å²) in [5.74, 6) is -1.41. The van der Waals surface area contributed by atoms with Crippen LogP contribution in [0.1, 0.15) is 19.8 Å². The molecule has 9 nitrogen and oxygen atoms in total. The van der Waals surface area contributed by atoms with Crippen molar-refractivity contribution >= 4 is 50.2 Å². The average molecular weight is 419 g/mol. The van der Waals surface area contributed by atoms with E-state index in [1.165, 1.54) is 25.6 Å². The Morgan fingerprint density at radius 2 is 2.00 bits per heavy atom. The van der Waals surface area contributed by atoms with E-state index in [9.17, 15) is 14.4 Å². The van der Waals surface area contributed by atoms with Gasteiger partial charge >= 0.3 is 11.9 Å². The highest BCUT2D eigenvalue weighted by atomic mass is 32.1. The minimum Gasteiger partial charge on any atom is -0.466 e. The molecule has 0 aliphatic carbocycles. The Morgan fingerprint density at radius 3 is 2.69 bits per heavy atom. The van der Waals surface area contributed by atoms with Crippen LogP contribution in [0.3, 0.4) is 0 Å². The van der Waals surface area contributed by atoms with E-state index in [0.717, 1.165) is 11.1 Å². The number of carbonyl (C=O) groups excluding carboxylic acids is 3. The van der Waals surface area contributed by atoms with E-state index < -0.39 is 11.9 Å². The summed E-state index contributed by atoms with van der Waals surface area (Å²) in [5, 5.41) is 3.29. The third-order valence-electron chi connectivity index (χ3n) is 4.24. The Labute approximate surface area is 171 Å². The first kappa shape index (κ1) is 20.7. The number of ether oxygens (including phenoxy) is 3. The quantitative estimate of drug-likeness (QED) is 0.712. The first-order valence-corrected chi connectivity index (χ1v) is 9.75. The number of benzene rings is 1. The number of hydrogen-bond donors (Lipinski definition) is 1. The van der Waals surface area contributed by atoms with Crippen LogP contribution in [-0.2, 0) is 28.6 Å². The normalized spacial score (nSPS) is 14.1. The molecule has 10 heteroatoms. The van der Waals surface area contributed by atoms with Crippen LogP contribution in [0, 0.1) is 0 Å². The van der Waals surface area contributed by atoms with E-state index in [-0.39, 0.29) is 30.5 Å². The summed E-state index contributed by atoms with van der Waals surface area (Å²) < 4.78 is 15.9. The fourth-order valence-electron chi connectivity index (χ4n) is 2.89. The van der Waals surface area contributed by atoms with Gasteiger partial charge in [0.15, 0.2) is 5.13 Å². The van der Waals surface area contributed by atoms with Gasteiger partial charge in [0.05, 0.1) is 36.6 Å². The number of methoxy groups -OCH3 is 2. The standard InChI is InChI=1S/C19H21N3O6S/c1-4-5-15(23)21-19-20-13-7-6-11(8-14(13)29-19)22-10-28-9-12(17(24)26-2)16(22)18(25)27-3/h6-8H,4-5,9-10H2,1-3H3,(H,20,21,23). The molecule has 1 aliphatic rings. The van der Waals surface area contributed by atoms with Crippen molar-refractivity contribution in [1.29, 1.82) is 0 Å². The van der Waals surface area contributed by atoms with E-state index in [1.807, 2.05) is 13.0 Å². The van der Waals surface area contributed by atoms with Gasteiger partial charge in [-0.3, -0.25) is 4.79 Å². The maximum Gasteiger partial charge on any atom is 0.355 e. The molecular weight excluding hydrogens is 398 g/mol. The molecule has 0 spiro atoms. The van der Waals surface area contributed by atoms with Crippen LogP contribution in [0.25, 0.3) is 10.2 Å². The molecule has 0 saturated carbocycles. The van der Waals surface area contributed by atoms with Crippen molar-refractivity contribution in [2.45, 2.75) is 19.8 Å². The third kappa shape index (κ3) is 4.38. The summed E-state index contributed by atoms with van der Waals surface area (Å²) in [4.78, 5) is 42.3. The van der Waals surface area contributed by atoms with Crippen molar-refractivity contribution in [3.63, 3.8) is 0 Å². The molecule has 29 heavy (non-hydrogen) atoms. The van der Waals surface area contributed by atoms with Gasteiger partial charge in [0.25, 0.3) is 0 Å². The number of anilines is 2. The number of amides is 1. The molecule has 154 valence electrons. The monoisotopic (exact) mass is 419 g/mol. The molecule has 3 rings (SSSR count). The summed E-state index contributed by atoms with van der Waals surface area (Å²) in [6, 6.07) is 5.35. The highest BCUT2D eigenvalue weighted by Gasteiger charge is 2.32. The van der Waals surface area contributed by atoms with Gasteiger partial charge in [0, 0.05) is 12.1 Å². The number of fused-ring (bicyclic) bond motifs is 1. The molecule has 1 aromatic carbocycles. The maximum atomic E-state index is 12.4. The van der Waals surface area contributed by atoms with Gasteiger partial charge in [-0.15, -0.1) is 0 Å². The molecular formula is C19H21N3O6S. The Morgan fingerprint density at radius 1 is 1.24 bits per heavy atom. The lowest BCUT2D eigenvalue weighted by Gasteiger charge is -2.31. The zero-order valence-corrected chi connectivity index (χ0v) is 17.1. The van der Waals surface area contributed by atoms with E-state index in [2.05, 4.69) is 10.3 Å². The molecule has 1 aliphatic heterocycles. The van der Waals surface area contributed by atoms with Crippen LogP contribution < -0.4 is 10.2 Å². The second kappa shape index (κ2) is 9.01. The zero-order valence-electron chi connectivity index (χ0n) is 16.3. The Hall–Kier alpha value is -2.98. The van der Waals surface area contributed by atoms with E-state index in [4.69, 9.17) is 14.2 Å². The van der Waals surface area contributed by atoms with E-state index >= 15 is 0 Å². The molecule has 0 radical (unpaired) electrons. The van der Waals surface area contributed by atoms with Crippen LogP contribution in [0.5, 0.6) is 0 Å². The average Bonchev–Trinajstić information content (AvgIpc) is 3.13. The third-order valence-corrected chi connectivity index (χ3v) is 5.17. The van der Waals surface area contributed by atoms with Crippen LogP contribution in [0.15, 0.2) is 29.5 Å². The molecule has 0 atom stereocenters. The van der Waals surface area contributed by atoms with Gasteiger partial charge in [-0.1, -0.05) is 18.3 Å². The minimum absolute atomic E-state index is 0.0516. The van der Waals surface area contributed by atoms with Gasteiger partial charge in [0.1, 0.15) is 12.4 Å². The Bertz CT molecular complexity index is 983. The lowest BCUT2D eigenvalue weighted by atomic mass is 10.1. The van der Waals surface area contributed by atoms with E-state index in [0.29, 0.717) is 22.8 Å². The minimum atomic E-state index is -0.661. The molecule has 0 unspecified atom stereocenters. The van der Waals surface area contributed by atoms with Gasteiger partial charge in [-0.2, -0.15) is 0 Å². The molecule has 1 aromatic heterocycles. The van der Waals surface area contributed by atoms with Crippen LogP contribution in [0.4, 0.5) is 10.8 Å². The molecule has 2 aromatic rings. The molecule has 1 amide bonds. The summed E-state index contributed by atoms with van der Waals surface area (Å²) >= 11 is 1.32. The number of esters is 2. The maximum absolute atomic E-state index is 12.4. The van der Waals surface area contributed by atoms with Crippen LogP contribution in [0.2, 0.25) is 0 Å². The smallest absolute Gasteiger partial charge is 0.355 e. The van der Waals surface area contributed by atoms with Crippen molar-refractivity contribution < 1.29 is 28.6 Å². The van der Waals surface area contributed by atoms with Gasteiger partial charge in [-0.25, -0.2) is 14.6 Å². The first-order chi connectivity index (χ1) is 14.0. The van der Waals surface area contributed by atoms with Gasteiger partial charge in [0.2, 0.25) is 5.91 Å². The molecule has 1 N–H and O–H groups in total. The first-order valence-electron chi connectivity index (χ1n) is 8.94. The van der Waals surface area contributed by atoms with Crippen LogP contribution >= 0.6 is 11.3 Å². The van der Waals surface area contributed by atoms with Crippen molar-refractivity contribution in [3.05, 3.63) is 29.5 Å². The van der Waals surface area contributed by atoms with Crippen molar-refractivity contribution in [3.8, 4) is 0 Å². The largest absolute Gasteiger partial charge is 0.466 e. The fraction of sp³-hybridized carbons (Fsp3) is 0.368. The topological polar surface area (TPSA) is 107 Å². The summed E-state index contributed by atoms with van der Waals surface area (Å²) in [6.07, 6.45) is 1.18. The molecule has 0 saturated heterocycles. The summed E-state index contributed by atoms with van der Waals surface area (Å²) in [5.41, 5.74) is 1.49. The van der Waals surface area contributed by atoms with Crippen LogP contribution in [-0.4, -0.2) is 50.4 Å². The molecule has 0 fully saturated rings. The number of rotatable bonds is 6. The Balaban J connectivity index is 1.98. The lowest BCUT2D eigenvalue weighted by Crippen LogP contribution is -2.38. The highest BCUT2D eigenvalue weighted by Crippen LogP contribution is 2.33. The van der Waals surface area contributed by atoms with Crippen molar-refractivity contribution in [2.24, 2.45) is 0 Å². The number of thiazole rings is 1. The van der Waals surface area contributed by atoms with Crippen molar-refractivity contribution in [1.82, 2.24) is 4.98 Å². The Kier molecular flexibility index (Phi) is 6.45. The number of nitrogens with zero attached hydrogens (tertiary/aromatic N) is 2. The number of nitrogens with one attached hydrogen (secondary N) is 1. The predicted octanol–water partition coefficient (Wildman–Crippen LogP) is 2.43. The lowest BCUT2D eigenvalue weighted by molar-refractivity contribution is -0.140. The molecule has 2 heterocycles. The second-order valence-electron chi connectivity index (χ2n) is 6.19. The summed E-state index contributed by atoms with van der Waals surface area (Å²) in [7, 11) is 2.48. The summed E-state index contributed by atoms with van der Waals surface area (Å²) in [6.45, 7) is 1.94. The number of hydrogen-bond acceptors (Lipinski definition) is 9. The highest BCUT2D eigenvalue weighted by molar-refractivity contribution is 7.22. The predicted molar refractivity (Wildman–Crippen MR) is 108 cm³/mol. The number of aromatic nitrogens is 1. The second-order valence-corrected chi connectivity index (χ2v) is 7.22.